The summed E-state index contributed by atoms with van der Waals surface area (Å²) < 4.78 is 2.19. The lowest BCUT2D eigenvalue weighted by Crippen LogP contribution is -2.27. The molecule has 0 saturated carbocycles. The molecule has 2 heterocycles. The zero-order valence-corrected chi connectivity index (χ0v) is 11.6. The molecule has 19 heavy (non-hydrogen) atoms. The van der Waals surface area contributed by atoms with E-state index < -0.39 is 0 Å². The minimum Gasteiger partial charge on any atom is -0.331 e. The summed E-state index contributed by atoms with van der Waals surface area (Å²) in [5.74, 6) is 0. The van der Waals surface area contributed by atoms with Gasteiger partial charge in [0.25, 0.3) is 0 Å². The highest BCUT2D eigenvalue weighted by atomic mass is 15.1. The van der Waals surface area contributed by atoms with Crippen molar-refractivity contribution in [3.63, 3.8) is 0 Å². The number of aryl methyl sites for hydroxylation is 1. The van der Waals surface area contributed by atoms with Gasteiger partial charge in [0.1, 0.15) is 0 Å². The number of rotatable bonds is 3. The summed E-state index contributed by atoms with van der Waals surface area (Å²) in [6.07, 6.45) is 3.18. The van der Waals surface area contributed by atoms with Crippen LogP contribution in [0.4, 0.5) is 0 Å². The molecule has 0 radical (unpaired) electrons. The topological polar surface area (TPSA) is 33.1 Å². The maximum Gasteiger partial charge on any atom is 0.0958 e. The van der Waals surface area contributed by atoms with Crippen LogP contribution in [0, 0.1) is 0 Å². The highest BCUT2D eigenvalue weighted by Crippen LogP contribution is 2.16. The van der Waals surface area contributed by atoms with Gasteiger partial charge in [0.2, 0.25) is 0 Å². The summed E-state index contributed by atoms with van der Waals surface area (Å²) in [7, 11) is 0. The van der Waals surface area contributed by atoms with Gasteiger partial charge in [0.05, 0.1) is 17.4 Å². The van der Waals surface area contributed by atoms with E-state index in [0.717, 1.165) is 38.2 Å². The van der Waals surface area contributed by atoms with Gasteiger partial charge in [-0.05, 0) is 44.1 Å². The van der Waals surface area contributed by atoms with Crippen molar-refractivity contribution in [3.05, 3.63) is 30.1 Å². The number of hydrogen-bond donors (Lipinski definition) is 1. The van der Waals surface area contributed by atoms with Crippen LogP contribution in [0.3, 0.4) is 0 Å². The van der Waals surface area contributed by atoms with Gasteiger partial charge in [-0.2, -0.15) is 0 Å². The third kappa shape index (κ3) is 2.80. The van der Waals surface area contributed by atoms with Crippen LogP contribution in [-0.4, -0.2) is 40.6 Å². The number of aromatic nitrogens is 2. The van der Waals surface area contributed by atoms with Crippen molar-refractivity contribution in [2.45, 2.75) is 26.4 Å². The van der Waals surface area contributed by atoms with E-state index in [4.69, 9.17) is 0 Å². The SMILES string of the molecule is CCn1cnc2cc(CN3CCCNCC3)ccc21. The molecule has 1 aromatic heterocycles. The Balaban J connectivity index is 1.77. The van der Waals surface area contributed by atoms with Crippen LogP contribution >= 0.6 is 0 Å². The van der Waals surface area contributed by atoms with Gasteiger partial charge in [0.15, 0.2) is 0 Å². The van der Waals surface area contributed by atoms with Gasteiger partial charge in [-0.1, -0.05) is 6.07 Å². The lowest BCUT2D eigenvalue weighted by atomic mass is 10.2. The van der Waals surface area contributed by atoms with E-state index >= 15 is 0 Å². The largest absolute Gasteiger partial charge is 0.331 e. The Morgan fingerprint density at radius 2 is 2.21 bits per heavy atom. The van der Waals surface area contributed by atoms with E-state index in [-0.39, 0.29) is 0 Å². The molecule has 3 rings (SSSR count). The Morgan fingerprint density at radius 3 is 3.11 bits per heavy atom. The number of nitrogens with zero attached hydrogens (tertiary/aromatic N) is 3. The van der Waals surface area contributed by atoms with Crippen molar-refractivity contribution >= 4 is 11.0 Å². The van der Waals surface area contributed by atoms with Gasteiger partial charge in [-0.25, -0.2) is 4.98 Å². The lowest BCUT2D eigenvalue weighted by molar-refractivity contribution is 0.284. The highest BCUT2D eigenvalue weighted by Gasteiger charge is 2.10. The second kappa shape index (κ2) is 5.72. The maximum absolute atomic E-state index is 4.49. The van der Waals surface area contributed by atoms with Gasteiger partial charge in [-0.15, -0.1) is 0 Å². The molecule has 1 saturated heterocycles. The fourth-order valence-corrected chi connectivity index (χ4v) is 2.78. The molecule has 1 aliphatic rings. The van der Waals surface area contributed by atoms with Crippen molar-refractivity contribution in [2.24, 2.45) is 0 Å². The molecule has 1 aromatic carbocycles. The van der Waals surface area contributed by atoms with Crippen LogP contribution < -0.4 is 5.32 Å². The maximum atomic E-state index is 4.49. The molecule has 4 nitrogen and oxygen atoms in total. The normalized spacial score (nSPS) is 17.7. The molecule has 0 unspecified atom stereocenters. The van der Waals surface area contributed by atoms with E-state index in [0.29, 0.717) is 0 Å². The molecule has 102 valence electrons. The number of fused-ring (bicyclic) bond motifs is 1. The molecule has 2 aromatic rings. The van der Waals surface area contributed by atoms with Gasteiger partial charge >= 0.3 is 0 Å². The second-order valence-electron chi connectivity index (χ2n) is 5.23. The lowest BCUT2D eigenvalue weighted by Gasteiger charge is -2.19. The molecule has 1 aliphatic heterocycles. The molecule has 1 fully saturated rings. The highest BCUT2D eigenvalue weighted by molar-refractivity contribution is 5.76. The molecular weight excluding hydrogens is 236 g/mol. The first-order chi connectivity index (χ1) is 9.36. The minimum absolute atomic E-state index is 0.980. The van der Waals surface area contributed by atoms with E-state index in [9.17, 15) is 0 Å². The summed E-state index contributed by atoms with van der Waals surface area (Å²) in [5, 5.41) is 3.45. The average molecular weight is 258 g/mol. The monoisotopic (exact) mass is 258 g/mol. The fraction of sp³-hybridized carbons (Fsp3) is 0.533. The Kier molecular flexibility index (Phi) is 3.80. The van der Waals surface area contributed by atoms with Crippen molar-refractivity contribution in [1.82, 2.24) is 19.8 Å². The molecule has 0 spiro atoms. The average Bonchev–Trinajstić information content (AvgIpc) is 2.66. The van der Waals surface area contributed by atoms with Crippen LogP contribution in [-0.2, 0) is 13.1 Å². The van der Waals surface area contributed by atoms with Crippen LogP contribution in [0.15, 0.2) is 24.5 Å². The third-order valence-electron chi connectivity index (χ3n) is 3.87. The van der Waals surface area contributed by atoms with Gasteiger partial charge < -0.3 is 9.88 Å². The molecule has 4 heteroatoms. The summed E-state index contributed by atoms with van der Waals surface area (Å²) in [6.45, 7) is 8.75. The van der Waals surface area contributed by atoms with Crippen molar-refractivity contribution < 1.29 is 0 Å². The zero-order chi connectivity index (χ0) is 13.1. The number of nitrogens with one attached hydrogen (secondary N) is 1. The summed E-state index contributed by atoms with van der Waals surface area (Å²) in [5.41, 5.74) is 3.73. The standard InChI is InChI=1S/C15H22N4/c1-2-19-12-17-14-10-13(4-5-15(14)19)11-18-8-3-6-16-7-9-18/h4-5,10,12,16H,2-3,6-9,11H2,1H3. The molecular formula is C15H22N4. The smallest absolute Gasteiger partial charge is 0.0958 e. The second-order valence-corrected chi connectivity index (χ2v) is 5.23. The first kappa shape index (κ1) is 12.6. The summed E-state index contributed by atoms with van der Waals surface area (Å²) in [4.78, 5) is 7.02. The van der Waals surface area contributed by atoms with E-state index in [1.807, 2.05) is 6.33 Å². The molecule has 0 aliphatic carbocycles. The van der Waals surface area contributed by atoms with E-state index in [2.05, 4.69) is 44.9 Å². The van der Waals surface area contributed by atoms with E-state index in [1.165, 1.54) is 24.0 Å². The van der Waals surface area contributed by atoms with E-state index in [1.54, 1.807) is 0 Å². The van der Waals surface area contributed by atoms with Crippen LogP contribution in [0.25, 0.3) is 11.0 Å². The van der Waals surface area contributed by atoms with Gasteiger partial charge in [-0.3, -0.25) is 4.90 Å². The minimum atomic E-state index is 0.980. The number of benzene rings is 1. The predicted molar refractivity (Wildman–Crippen MR) is 78.2 cm³/mol. The molecule has 1 N–H and O–H groups in total. The molecule has 0 amide bonds. The van der Waals surface area contributed by atoms with Crippen LogP contribution in [0.2, 0.25) is 0 Å². The molecule has 0 atom stereocenters. The van der Waals surface area contributed by atoms with Crippen molar-refractivity contribution in [2.75, 3.05) is 26.2 Å². The predicted octanol–water partition coefficient (Wildman–Crippen LogP) is 1.85. The Hall–Kier alpha value is -1.39. The Labute approximate surface area is 114 Å². The van der Waals surface area contributed by atoms with Crippen molar-refractivity contribution in [1.29, 1.82) is 0 Å². The quantitative estimate of drug-likeness (QED) is 0.912. The zero-order valence-electron chi connectivity index (χ0n) is 11.6. The Bertz CT molecular complexity index is 538. The summed E-state index contributed by atoms with van der Waals surface area (Å²) >= 11 is 0. The Morgan fingerprint density at radius 1 is 1.26 bits per heavy atom. The first-order valence-corrected chi connectivity index (χ1v) is 7.23. The van der Waals surface area contributed by atoms with Crippen LogP contribution in [0.5, 0.6) is 0 Å². The first-order valence-electron chi connectivity index (χ1n) is 7.23. The van der Waals surface area contributed by atoms with Gasteiger partial charge in [0, 0.05) is 26.2 Å². The third-order valence-corrected chi connectivity index (χ3v) is 3.87. The molecule has 0 bridgehead atoms. The summed E-state index contributed by atoms with van der Waals surface area (Å²) in [6, 6.07) is 6.69. The number of hydrogen-bond acceptors (Lipinski definition) is 3. The fourth-order valence-electron chi connectivity index (χ4n) is 2.78. The number of imidazole rings is 1. The van der Waals surface area contributed by atoms with Crippen molar-refractivity contribution in [3.8, 4) is 0 Å². The van der Waals surface area contributed by atoms with Crippen LogP contribution in [0.1, 0.15) is 18.9 Å².